The van der Waals surface area contributed by atoms with E-state index in [1.165, 1.54) is 6.21 Å². The van der Waals surface area contributed by atoms with E-state index in [0.29, 0.717) is 0 Å². The van der Waals surface area contributed by atoms with Gasteiger partial charge in [0.05, 0.1) is 0 Å². The van der Waals surface area contributed by atoms with Crippen molar-refractivity contribution in [2.24, 2.45) is 11.1 Å². The van der Waals surface area contributed by atoms with Gasteiger partial charge in [-0.2, -0.15) is 0 Å². The molecule has 47 valence electrons. The topological polar surface area (TPSA) is 32.6 Å². The molecule has 1 radical (unpaired) electrons. The molecule has 0 bridgehead atoms. The van der Waals surface area contributed by atoms with E-state index in [0.717, 1.165) is 12.8 Å². The lowest BCUT2D eigenvalue weighted by Crippen LogP contribution is -1.94. The Bertz CT molecular complexity index is 70.9. The molecule has 0 aliphatic heterocycles. The van der Waals surface area contributed by atoms with Gasteiger partial charge in [-0.15, -0.1) is 5.16 Å². The van der Waals surface area contributed by atoms with E-state index in [-0.39, 0.29) is 5.92 Å². The normalized spacial score (nSPS) is 14.8. The SMILES string of the molecule is [CH2]C(C=NO)CCC. The summed E-state index contributed by atoms with van der Waals surface area (Å²) in [5.41, 5.74) is 0. The summed E-state index contributed by atoms with van der Waals surface area (Å²) in [6, 6.07) is 0. The average Bonchev–Trinajstić information content (AvgIpc) is 1.68. The largest absolute Gasteiger partial charge is 0.411 e. The van der Waals surface area contributed by atoms with Crippen LogP contribution in [0.1, 0.15) is 19.8 Å². The molecule has 0 spiro atoms. The lowest BCUT2D eigenvalue weighted by Gasteiger charge is -1.97. The fourth-order valence-corrected chi connectivity index (χ4v) is 0.540. The van der Waals surface area contributed by atoms with Crippen molar-refractivity contribution in [3.05, 3.63) is 6.92 Å². The molecule has 0 rings (SSSR count). The fraction of sp³-hybridized carbons (Fsp3) is 0.667. The molecule has 2 heteroatoms. The van der Waals surface area contributed by atoms with Gasteiger partial charge in [-0.1, -0.05) is 13.3 Å². The highest BCUT2D eigenvalue weighted by molar-refractivity contribution is 5.60. The number of hydrogen-bond donors (Lipinski definition) is 1. The Morgan fingerprint density at radius 3 is 2.88 bits per heavy atom. The van der Waals surface area contributed by atoms with Crippen LogP contribution in [0.15, 0.2) is 5.16 Å². The highest BCUT2D eigenvalue weighted by Gasteiger charge is 1.93. The van der Waals surface area contributed by atoms with Gasteiger partial charge in [0.2, 0.25) is 0 Å². The van der Waals surface area contributed by atoms with Crippen LogP contribution in [-0.4, -0.2) is 11.4 Å². The quantitative estimate of drug-likeness (QED) is 0.338. The number of hydrogen-bond acceptors (Lipinski definition) is 2. The molecule has 0 fully saturated rings. The maximum Gasteiger partial charge on any atom is 0.0466 e. The Morgan fingerprint density at radius 1 is 1.88 bits per heavy atom. The third-order valence-electron chi connectivity index (χ3n) is 0.937. The van der Waals surface area contributed by atoms with Crippen molar-refractivity contribution in [3.63, 3.8) is 0 Å². The van der Waals surface area contributed by atoms with E-state index in [1.807, 2.05) is 0 Å². The van der Waals surface area contributed by atoms with Gasteiger partial charge in [0.15, 0.2) is 0 Å². The first-order valence-electron chi connectivity index (χ1n) is 2.82. The molecule has 1 unspecified atom stereocenters. The number of rotatable bonds is 3. The highest BCUT2D eigenvalue weighted by Crippen LogP contribution is 1.99. The minimum atomic E-state index is 0.171. The molecule has 2 nitrogen and oxygen atoms in total. The summed E-state index contributed by atoms with van der Waals surface area (Å²) in [6.45, 7) is 5.78. The van der Waals surface area contributed by atoms with Crippen molar-refractivity contribution in [2.75, 3.05) is 0 Å². The molecular formula is C6H12NO. The van der Waals surface area contributed by atoms with Gasteiger partial charge in [0, 0.05) is 6.21 Å². The molecule has 0 saturated carbocycles. The summed E-state index contributed by atoms with van der Waals surface area (Å²) in [6.07, 6.45) is 3.52. The summed E-state index contributed by atoms with van der Waals surface area (Å²) in [5.74, 6) is 0.171. The summed E-state index contributed by atoms with van der Waals surface area (Å²) in [4.78, 5) is 0. The zero-order valence-corrected chi connectivity index (χ0v) is 5.17. The maximum absolute atomic E-state index is 7.99. The second-order valence-corrected chi connectivity index (χ2v) is 1.81. The van der Waals surface area contributed by atoms with Crippen molar-refractivity contribution in [1.29, 1.82) is 0 Å². The summed E-state index contributed by atoms with van der Waals surface area (Å²) in [5, 5.41) is 10.9. The molecule has 8 heavy (non-hydrogen) atoms. The summed E-state index contributed by atoms with van der Waals surface area (Å²) >= 11 is 0. The molecule has 0 amide bonds. The van der Waals surface area contributed by atoms with E-state index in [1.54, 1.807) is 0 Å². The van der Waals surface area contributed by atoms with Gasteiger partial charge < -0.3 is 5.21 Å². The van der Waals surface area contributed by atoms with Crippen molar-refractivity contribution in [3.8, 4) is 0 Å². The molecule has 0 aromatic carbocycles. The van der Waals surface area contributed by atoms with E-state index in [2.05, 4.69) is 19.0 Å². The van der Waals surface area contributed by atoms with Crippen LogP contribution in [0.3, 0.4) is 0 Å². The first-order chi connectivity index (χ1) is 3.81. The highest BCUT2D eigenvalue weighted by atomic mass is 16.4. The number of oxime groups is 1. The Morgan fingerprint density at radius 2 is 2.50 bits per heavy atom. The lowest BCUT2D eigenvalue weighted by atomic mass is 10.1. The van der Waals surface area contributed by atoms with Crippen LogP contribution in [0.2, 0.25) is 0 Å². The van der Waals surface area contributed by atoms with Gasteiger partial charge in [-0.3, -0.25) is 0 Å². The van der Waals surface area contributed by atoms with Gasteiger partial charge in [-0.25, -0.2) is 0 Å². The Kier molecular flexibility index (Phi) is 4.32. The summed E-state index contributed by atoms with van der Waals surface area (Å²) < 4.78 is 0. The number of nitrogens with zero attached hydrogens (tertiary/aromatic N) is 1. The minimum Gasteiger partial charge on any atom is -0.411 e. The third-order valence-corrected chi connectivity index (χ3v) is 0.937. The Hall–Kier alpha value is -0.530. The monoisotopic (exact) mass is 114 g/mol. The van der Waals surface area contributed by atoms with Crippen LogP contribution < -0.4 is 0 Å². The van der Waals surface area contributed by atoms with Crippen LogP contribution in [0.25, 0.3) is 0 Å². The van der Waals surface area contributed by atoms with Gasteiger partial charge in [0.1, 0.15) is 0 Å². The first-order valence-corrected chi connectivity index (χ1v) is 2.82. The first kappa shape index (κ1) is 7.47. The second kappa shape index (κ2) is 4.62. The van der Waals surface area contributed by atoms with Crippen LogP contribution >= 0.6 is 0 Å². The smallest absolute Gasteiger partial charge is 0.0466 e. The van der Waals surface area contributed by atoms with E-state index < -0.39 is 0 Å². The van der Waals surface area contributed by atoms with E-state index >= 15 is 0 Å². The second-order valence-electron chi connectivity index (χ2n) is 1.81. The fourth-order valence-electron chi connectivity index (χ4n) is 0.540. The summed E-state index contributed by atoms with van der Waals surface area (Å²) in [7, 11) is 0. The molecule has 1 N–H and O–H groups in total. The Labute approximate surface area is 50.2 Å². The van der Waals surface area contributed by atoms with Gasteiger partial charge >= 0.3 is 0 Å². The van der Waals surface area contributed by atoms with Crippen molar-refractivity contribution >= 4 is 6.21 Å². The third kappa shape index (κ3) is 3.65. The van der Waals surface area contributed by atoms with Crippen LogP contribution in [0.5, 0.6) is 0 Å². The predicted octanol–water partition coefficient (Wildman–Crippen LogP) is 1.70. The lowest BCUT2D eigenvalue weighted by molar-refractivity contribution is 0.319. The van der Waals surface area contributed by atoms with Crippen molar-refractivity contribution in [2.45, 2.75) is 19.8 Å². The maximum atomic E-state index is 7.99. The minimum absolute atomic E-state index is 0.171. The molecular weight excluding hydrogens is 102 g/mol. The molecule has 0 aromatic rings. The molecule has 0 aliphatic rings. The molecule has 0 heterocycles. The average molecular weight is 114 g/mol. The van der Waals surface area contributed by atoms with E-state index in [4.69, 9.17) is 5.21 Å². The van der Waals surface area contributed by atoms with Crippen LogP contribution in [-0.2, 0) is 0 Å². The molecule has 1 atom stereocenters. The molecule has 0 aliphatic carbocycles. The van der Waals surface area contributed by atoms with Crippen LogP contribution in [0, 0.1) is 12.8 Å². The van der Waals surface area contributed by atoms with Gasteiger partial charge in [-0.05, 0) is 19.3 Å². The molecule has 0 saturated heterocycles. The van der Waals surface area contributed by atoms with E-state index in [9.17, 15) is 0 Å². The zero-order valence-electron chi connectivity index (χ0n) is 5.17. The van der Waals surface area contributed by atoms with Crippen molar-refractivity contribution in [1.82, 2.24) is 0 Å². The predicted molar refractivity (Wildman–Crippen MR) is 34.0 cm³/mol. The Balaban J connectivity index is 3.17. The zero-order chi connectivity index (χ0) is 6.41. The van der Waals surface area contributed by atoms with Crippen LogP contribution in [0.4, 0.5) is 0 Å². The molecule has 0 aromatic heterocycles. The van der Waals surface area contributed by atoms with Gasteiger partial charge in [0.25, 0.3) is 0 Å². The standard InChI is InChI=1S/C6H12NO/c1-3-4-6(2)5-7-8/h5-6,8H,2-4H2,1H3. The van der Waals surface area contributed by atoms with Crippen molar-refractivity contribution < 1.29 is 5.21 Å².